The molecular formula is C24H21NO5S. The van der Waals surface area contributed by atoms with Crippen LogP contribution in [-0.2, 0) is 15.6 Å². The molecule has 0 aliphatic heterocycles. The van der Waals surface area contributed by atoms with Crippen molar-refractivity contribution in [1.29, 1.82) is 0 Å². The van der Waals surface area contributed by atoms with Gasteiger partial charge in [-0.15, -0.1) is 0 Å². The van der Waals surface area contributed by atoms with E-state index in [9.17, 15) is 13.2 Å². The van der Waals surface area contributed by atoms with Crippen molar-refractivity contribution in [1.82, 2.24) is 0 Å². The van der Waals surface area contributed by atoms with Gasteiger partial charge in [0.1, 0.15) is 17.1 Å². The highest BCUT2D eigenvalue weighted by Crippen LogP contribution is 2.30. The van der Waals surface area contributed by atoms with E-state index in [0.29, 0.717) is 33.7 Å². The van der Waals surface area contributed by atoms with E-state index >= 15 is 0 Å². The topological polar surface area (TPSA) is 76.8 Å². The van der Waals surface area contributed by atoms with Crippen LogP contribution in [0.4, 0.5) is 5.69 Å². The number of rotatable bonds is 6. The van der Waals surface area contributed by atoms with Crippen LogP contribution in [0.3, 0.4) is 0 Å². The van der Waals surface area contributed by atoms with Crippen LogP contribution in [0.15, 0.2) is 83.3 Å². The van der Waals surface area contributed by atoms with E-state index in [1.807, 2.05) is 30.3 Å². The van der Waals surface area contributed by atoms with Crippen molar-refractivity contribution in [2.45, 2.75) is 5.75 Å². The van der Waals surface area contributed by atoms with E-state index in [1.54, 1.807) is 55.6 Å². The molecule has 4 rings (SSSR count). The standard InChI is InChI=1S/C24H21NO5S/c1-25(17-12-14-19(15-13-17)29-18-8-4-3-5-9-18)24(26)23-21(16-31(2,27)28)20-10-6-7-11-22(20)30-23/h3-15H,16H2,1-2H3. The third-order valence-corrected chi connectivity index (χ3v) is 5.62. The molecule has 1 aromatic heterocycles. The van der Waals surface area contributed by atoms with Crippen LogP contribution in [-0.4, -0.2) is 27.6 Å². The monoisotopic (exact) mass is 435 g/mol. The molecule has 0 unspecified atom stereocenters. The first-order valence-corrected chi connectivity index (χ1v) is 11.7. The third-order valence-electron chi connectivity index (χ3n) is 4.81. The highest BCUT2D eigenvalue weighted by Gasteiger charge is 2.26. The molecule has 1 heterocycles. The summed E-state index contributed by atoms with van der Waals surface area (Å²) in [6.45, 7) is 0. The van der Waals surface area contributed by atoms with E-state index in [-0.39, 0.29) is 11.5 Å². The number of amides is 1. The number of carbonyl (C=O) groups is 1. The Morgan fingerprint density at radius 2 is 1.52 bits per heavy atom. The van der Waals surface area contributed by atoms with Crippen molar-refractivity contribution in [3.05, 3.63) is 90.2 Å². The summed E-state index contributed by atoms with van der Waals surface area (Å²) in [5, 5.41) is 0.622. The van der Waals surface area contributed by atoms with Crippen molar-refractivity contribution >= 4 is 32.4 Å². The number of ether oxygens (including phenoxy) is 1. The lowest BCUT2D eigenvalue weighted by Gasteiger charge is -2.17. The number of anilines is 1. The smallest absolute Gasteiger partial charge is 0.294 e. The molecule has 1 amide bonds. The Morgan fingerprint density at radius 3 is 2.19 bits per heavy atom. The van der Waals surface area contributed by atoms with E-state index < -0.39 is 15.7 Å². The van der Waals surface area contributed by atoms with E-state index in [0.717, 1.165) is 6.26 Å². The molecule has 0 aliphatic carbocycles. The Hall–Kier alpha value is -3.58. The van der Waals surface area contributed by atoms with Crippen LogP contribution < -0.4 is 9.64 Å². The van der Waals surface area contributed by atoms with Gasteiger partial charge < -0.3 is 14.1 Å². The van der Waals surface area contributed by atoms with Gasteiger partial charge in [0.25, 0.3) is 5.91 Å². The van der Waals surface area contributed by atoms with Gasteiger partial charge in [-0.3, -0.25) is 4.79 Å². The number of hydrogen-bond acceptors (Lipinski definition) is 5. The van der Waals surface area contributed by atoms with Crippen LogP contribution in [0.1, 0.15) is 16.1 Å². The van der Waals surface area contributed by atoms with Crippen molar-refractivity contribution in [3.63, 3.8) is 0 Å². The van der Waals surface area contributed by atoms with Crippen LogP contribution in [0.25, 0.3) is 11.0 Å². The fraction of sp³-hybridized carbons (Fsp3) is 0.125. The first kappa shape index (κ1) is 20.7. The minimum Gasteiger partial charge on any atom is -0.457 e. The fourth-order valence-electron chi connectivity index (χ4n) is 3.31. The van der Waals surface area contributed by atoms with Crippen LogP contribution in [0.5, 0.6) is 11.5 Å². The summed E-state index contributed by atoms with van der Waals surface area (Å²) in [5.41, 5.74) is 1.47. The van der Waals surface area contributed by atoms with Gasteiger partial charge in [-0.2, -0.15) is 0 Å². The molecule has 0 fully saturated rings. The first-order valence-electron chi connectivity index (χ1n) is 9.61. The van der Waals surface area contributed by atoms with Gasteiger partial charge in [-0.25, -0.2) is 8.42 Å². The summed E-state index contributed by atoms with van der Waals surface area (Å²) in [6, 6.07) is 23.5. The molecule has 0 spiro atoms. The Balaban J connectivity index is 1.62. The first-order chi connectivity index (χ1) is 14.8. The van der Waals surface area contributed by atoms with Gasteiger partial charge in [0, 0.05) is 29.9 Å². The van der Waals surface area contributed by atoms with Crippen LogP contribution >= 0.6 is 0 Å². The second-order valence-electron chi connectivity index (χ2n) is 7.25. The second-order valence-corrected chi connectivity index (χ2v) is 9.39. The summed E-state index contributed by atoms with van der Waals surface area (Å²) < 4.78 is 35.5. The van der Waals surface area contributed by atoms with Crippen LogP contribution in [0, 0.1) is 0 Å². The molecule has 31 heavy (non-hydrogen) atoms. The molecule has 0 atom stereocenters. The fourth-order valence-corrected chi connectivity index (χ4v) is 4.12. The maximum absolute atomic E-state index is 13.2. The molecule has 0 aliphatic rings. The van der Waals surface area contributed by atoms with E-state index in [4.69, 9.17) is 9.15 Å². The molecule has 4 aromatic rings. The predicted octanol–water partition coefficient (Wildman–Crippen LogP) is 5.05. The molecule has 6 nitrogen and oxygen atoms in total. The highest BCUT2D eigenvalue weighted by molar-refractivity contribution is 7.89. The normalized spacial score (nSPS) is 11.4. The second kappa shape index (κ2) is 8.28. The average Bonchev–Trinajstić information content (AvgIpc) is 3.11. The number of sulfone groups is 1. The minimum atomic E-state index is -3.37. The molecule has 0 saturated heterocycles. The zero-order chi connectivity index (χ0) is 22.0. The third kappa shape index (κ3) is 4.62. The Morgan fingerprint density at radius 1 is 0.903 bits per heavy atom. The van der Waals surface area contributed by atoms with Gasteiger partial charge in [0.2, 0.25) is 0 Å². The predicted molar refractivity (Wildman–Crippen MR) is 120 cm³/mol. The number of fused-ring (bicyclic) bond motifs is 1. The Kier molecular flexibility index (Phi) is 5.52. The van der Waals surface area contributed by atoms with Gasteiger partial charge in [-0.1, -0.05) is 36.4 Å². The molecule has 0 bridgehead atoms. The maximum atomic E-state index is 13.2. The average molecular weight is 436 g/mol. The van der Waals surface area contributed by atoms with Gasteiger partial charge in [0.15, 0.2) is 15.6 Å². The van der Waals surface area contributed by atoms with Crippen molar-refractivity contribution in [3.8, 4) is 11.5 Å². The number of furan rings is 1. The number of carbonyl (C=O) groups excluding carboxylic acids is 1. The van der Waals surface area contributed by atoms with Gasteiger partial charge >= 0.3 is 0 Å². The molecule has 7 heteroatoms. The summed E-state index contributed by atoms with van der Waals surface area (Å²) in [7, 11) is -1.75. The zero-order valence-corrected chi connectivity index (χ0v) is 17.9. The van der Waals surface area contributed by atoms with E-state index in [1.165, 1.54) is 4.90 Å². The molecule has 0 saturated carbocycles. The van der Waals surface area contributed by atoms with Gasteiger partial charge in [-0.05, 0) is 42.5 Å². The lowest BCUT2D eigenvalue weighted by molar-refractivity contribution is 0.0967. The largest absolute Gasteiger partial charge is 0.457 e. The van der Waals surface area contributed by atoms with E-state index in [2.05, 4.69) is 0 Å². The lowest BCUT2D eigenvalue weighted by Crippen LogP contribution is -2.27. The summed E-state index contributed by atoms with van der Waals surface area (Å²) in [6.07, 6.45) is 1.14. The zero-order valence-electron chi connectivity index (χ0n) is 17.1. The molecule has 0 radical (unpaired) electrons. The number of para-hydroxylation sites is 2. The van der Waals surface area contributed by atoms with Crippen molar-refractivity contribution in [2.24, 2.45) is 0 Å². The molecular weight excluding hydrogens is 414 g/mol. The van der Waals surface area contributed by atoms with Crippen molar-refractivity contribution in [2.75, 3.05) is 18.2 Å². The molecule has 0 N–H and O–H groups in total. The number of hydrogen-bond donors (Lipinski definition) is 0. The molecule has 158 valence electrons. The number of nitrogens with zero attached hydrogens (tertiary/aromatic N) is 1. The van der Waals surface area contributed by atoms with Crippen molar-refractivity contribution < 1.29 is 22.4 Å². The maximum Gasteiger partial charge on any atom is 0.294 e. The van der Waals surface area contributed by atoms with Gasteiger partial charge in [0.05, 0.1) is 5.75 Å². The lowest BCUT2D eigenvalue weighted by atomic mass is 10.1. The molecule has 3 aromatic carbocycles. The highest BCUT2D eigenvalue weighted by atomic mass is 32.2. The van der Waals surface area contributed by atoms with Crippen LogP contribution in [0.2, 0.25) is 0 Å². The quantitative estimate of drug-likeness (QED) is 0.424. The number of benzene rings is 3. The Labute approximate surface area is 180 Å². The minimum absolute atomic E-state index is 0.0266. The SMILES string of the molecule is CN(C(=O)c1oc2ccccc2c1CS(C)(=O)=O)c1ccc(Oc2ccccc2)cc1. The summed E-state index contributed by atoms with van der Waals surface area (Å²) in [4.78, 5) is 14.6. The Bertz CT molecular complexity index is 1330. The summed E-state index contributed by atoms with van der Waals surface area (Å²) in [5.74, 6) is 0.679. The summed E-state index contributed by atoms with van der Waals surface area (Å²) >= 11 is 0.